The van der Waals surface area contributed by atoms with Gasteiger partial charge in [-0.1, -0.05) is 11.6 Å². The third-order valence-corrected chi connectivity index (χ3v) is 3.68. The Morgan fingerprint density at radius 3 is 2.72 bits per heavy atom. The highest BCUT2D eigenvalue weighted by atomic mass is 35.5. The van der Waals surface area contributed by atoms with E-state index in [-0.39, 0.29) is 39.3 Å². The molecule has 1 aliphatic rings. The molecule has 0 saturated carbocycles. The number of amides is 1. The van der Waals surface area contributed by atoms with Crippen molar-refractivity contribution in [1.82, 2.24) is 9.97 Å². The number of aromatic nitrogens is 2. The monoisotopic (exact) mass is 367 g/mol. The van der Waals surface area contributed by atoms with E-state index >= 15 is 0 Å². The molecule has 0 aliphatic carbocycles. The molecule has 25 heavy (non-hydrogen) atoms. The summed E-state index contributed by atoms with van der Waals surface area (Å²) in [6, 6.07) is 6.56. The van der Waals surface area contributed by atoms with Crippen molar-refractivity contribution >= 4 is 34.5 Å². The van der Waals surface area contributed by atoms with Gasteiger partial charge in [-0.15, -0.1) is 8.78 Å². The maximum Gasteiger partial charge on any atom is 0.586 e. The van der Waals surface area contributed by atoms with E-state index in [1.165, 1.54) is 30.3 Å². The zero-order chi connectivity index (χ0) is 17.8. The van der Waals surface area contributed by atoms with Crippen LogP contribution in [0.15, 0.2) is 30.3 Å². The Hall–Kier alpha value is -3.07. The molecule has 1 aliphatic heterocycles. The summed E-state index contributed by atoms with van der Waals surface area (Å²) < 4.78 is 34.8. The van der Waals surface area contributed by atoms with Gasteiger partial charge >= 0.3 is 6.29 Å². The van der Waals surface area contributed by atoms with Crippen molar-refractivity contribution in [3.63, 3.8) is 0 Å². The first kappa shape index (κ1) is 15.5. The molecule has 3 N–H and O–H groups in total. The number of aromatic hydroxyl groups is 1. The van der Waals surface area contributed by atoms with Crippen LogP contribution in [0.4, 0.5) is 14.7 Å². The number of rotatable bonds is 2. The molecule has 0 radical (unpaired) electrons. The number of alkyl halides is 2. The number of carbonyl (C=O) groups is 1. The van der Waals surface area contributed by atoms with Crippen LogP contribution in [0.1, 0.15) is 10.4 Å². The van der Waals surface area contributed by atoms with Crippen LogP contribution in [-0.4, -0.2) is 27.3 Å². The number of H-pyrrole nitrogens is 1. The van der Waals surface area contributed by atoms with Gasteiger partial charge in [0.15, 0.2) is 11.5 Å². The maximum atomic E-state index is 13.0. The molecule has 0 bridgehead atoms. The topological polar surface area (TPSA) is 96.5 Å². The lowest BCUT2D eigenvalue weighted by Gasteiger charge is -2.04. The number of nitrogens with zero attached hydrogens (tertiary/aromatic N) is 1. The zero-order valence-corrected chi connectivity index (χ0v) is 12.9. The predicted molar refractivity (Wildman–Crippen MR) is 83.4 cm³/mol. The smallest absolute Gasteiger partial charge is 0.507 e. The molecule has 128 valence electrons. The first-order valence-electron chi connectivity index (χ1n) is 6.90. The van der Waals surface area contributed by atoms with Gasteiger partial charge in [0, 0.05) is 17.2 Å². The second-order valence-corrected chi connectivity index (χ2v) is 5.62. The Labute approximate surface area is 143 Å². The van der Waals surface area contributed by atoms with Gasteiger partial charge < -0.3 is 19.6 Å². The van der Waals surface area contributed by atoms with Crippen LogP contribution in [0.3, 0.4) is 0 Å². The van der Waals surface area contributed by atoms with E-state index in [4.69, 9.17) is 11.6 Å². The highest BCUT2D eigenvalue weighted by Crippen LogP contribution is 2.42. The minimum Gasteiger partial charge on any atom is -0.507 e. The summed E-state index contributed by atoms with van der Waals surface area (Å²) in [6.45, 7) is 0. The van der Waals surface area contributed by atoms with Crippen molar-refractivity contribution < 1.29 is 28.2 Å². The molecule has 1 aromatic heterocycles. The third-order valence-electron chi connectivity index (χ3n) is 3.44. The number of fused-ring (bicyclic) bond motifs is 2. The Bertz CT molecular complexity index is 976. The summed E-state index contributed by atoms with van der Waals surface area (Å²) >= 11 is 5.80. The van der Waals surface area contributed by atoms with E-state index < -0.39 is 12.2 Å². The number of hydrogen-bond donors (Lipinski definition) is 3. The normalized spacial score (nSPS) is 14.7. The first-order valence-corrected chi connectivity index (χ1v) is 7.28. The quantitative estimate of drug-likeness (QED) is 0.644. The number of imidazole rings is 1. The van der Waals surface area contributed by atoms with Crippen molar-refractivity contribution in [3.05, 3.63) is 40.9 Å². The van der Waals surface area contributed by atoms with Crippen LogP contribution in [0, 0.1) is 0 Å². The van der Waals surface area contributed by atoms with Crippen molar-refractivity contribution in [2.45, 2.75) is 6.29 Å². The van der Waals surface area contributed by atoms with Gasteiger partial charge in [-0.2, -0.15) is 0 Å². The lowest BCUT2D eigenvalue weighted by molar-refractivity contribution is -0.286. The number of phenols is 1. The number of hydrogen-bond acceptors (Lipinski definition) is 5. The predicted octanol–water partition coefficient (Wildman–Crippen LogP) is 3.50. The molecule has 0 spiro atoms. The van der Waals surface area contributed by atoms with Crippen LogP contribution in [0.25, 0.3) is 11.0 Å². The van der Waals surface area contributed by atoms with Gasteiger partial charge in [-0.05, 0) is 18.2 Å². The van der Waals surface area contributed by atoms with E-state index in [0.29, 0.717) is 5.52 Å². The van der Waals surface area contributed by atoms with E-state index in [2.05, 4.69) is 24.8 Å². The fraction of sp³-hybridized carbons (Fsp3) is 0.0667. The molecule has 3 aromatic rings. The average molecular weight is 368 g/mol. The molecule has 1 amide bonds. The summed E-state index contributed by atoms with van der Waals surface area (Å²) in [5, 5.41) is 12.5. The minimum atomic E-state index is -3.72. The van der Waals surface area contributed by atoms with E-state index in [1.54, 1.807) is 0 Å². The van der Waals surface area contributed by atoms with Gasteiger partial charge in [-0.25, -0.2) is 4.98 Å². The summed E-state index contributed by atoms with van der Waals surface area (Å²) in [6.07, 6.45) is -3.72. The Kier molecular flexibility index (Phi) is 3.22. The molecule has 4 rings (SSSR count). The molecule has 7 nitrogen and oxygen atoms in total. The number of benzene rings is 2. The molecule has 0 fully saturated rings. The number of aromatic amines is 1. The molecule has 2 aromatic carbocycles. The van der Waals surface area contributed by atoms with Gasteiger partial charge in [0.25, 0.3) is 5.91 Å². The van der Waals surface area contributed by atoms with Crippen LogP contribution in [0.2, 0.25) is 5.02 Å². The fourth-order valence-corrected chi connectivity index (χ4v) is 2.55. The van der Waals surface area contributed by atoms with E-state index in [9.17, 15) is 18.7 Å². The lowest BCUT2D eigenvalue weighted by Crippen LogP contribution is -2.25. The van der Waals surface area contributed by atoms with Gasteiger partial charge in [0.05, 0.1) is 16.6 Å². The zero-order valence-electron chi connectivity index (χ0n) is 12.1. The summed E-state index contributed by atoms with van der Waals surface area (Å²) in [5.74, 6) is -1.15. The molecular formula is C15H8ClF2N3O4. The summed E-state index contributed by atoms with van der Waals surface area (Å²) in [7, 11) is 0. The minimum absolute atomic E-state index is 0.0400. The summed E-state index contributed by atoms with van der Waals surface area (Å²) in [4.78, 5) is 19.0. The molecule has 10 heteroatoms. The van der Waals surface area contributed by atoms with Crippen molar-refractivity contribution in [1.29, 1.82) is 0 Å². The van der Waals surface area contributed by atoms with Crippen LogP contribution in [-0.2, 0) is 0 Å². The van der Waals surface area contributed by atoms with Crippen molar-refractivity contribution in [2.24, 2.45) is 0 Å². The molecule has 0 unspecified atom stereocenters. The Morgan fingerprint density at radius 1 is 1.24 bits per heavy atom. The highest BCUT2D eigenvalue weighted by Gasteiger charge is 2.43. The molecular weight excluding hydrogens is 360 g/mol. The largest absolute Gasteiger partial charge is 0.586 e. The van der Waals surface area contributed by atoms with E-state index in [1.807, 2.05) is 0 Å². The highest BCUT2D eigenvalue weighted by molar-refractivity contribution is 6.31. The SMILES string of the molecule is O=C(Nc1nc2cc3c(cc2[nH]1)OC(F)(F)O3)c1cc(Cl)ccc1O. The van der Waals surface area contributed by atoms with Gasteiger partial charge in [-0.3, -0.25) is 10.1 Å². The standard InChI is InChI=1S/C15H8ClF2N3O4/c16-6-1-2-10(22)7(3-6)13(23)21-14-19-8-4-11-12(5-9(8)20-14)25-15(17,18)24-11/h1-5,22H,(H2,19,20,21,23). The average Bonchev–Trinajstić information content (AvgIpc) is 3.03. The molecule has 0 saturated heterocycles. The number of anilines is 1. The number of carbonyl (C=O) groups excluding carboxylic acids is 1. The van der Waals surface area contributed by atoms with Gasteiger partial charge in [0.1, 0.15) is 5.75 Å². The Morgan fingerprint density at radius 2 is 1.96 bits per heavy atom. The second kappa shape index (κ2) is 5.21. The van der Waals surface area contributed by atoms with Crippen molar-refractivity contribution in [2.75, 3.05) is 5.32 Å². The van der Waals surface area contributed by atoms with Crippen molar-refractivity contribution in [3.8, 4) is 17.2 Å². The first-order chi connectivity index (χ1) is 11.8. The van der Waals surface area contributed by atoms with Crippen LogP contribution < -0.4 is 14.8 Å². The van der Waals surface area contributed by atoms with Gasteiger partial charge in [0.2, 0.25) is 5.95 Å². The molecule has 0 atom stereocenters. The van der Waals surface area contributed by atoms with E-state index in [0.717, 1.165) is 0 Å². The maximum absolute atomic E-state index is 13.0. The number of halogens is 3. The molecule has 2 heterocycles. The Balaban J connectivity index is 1.63. The fourth-order valence-electron chi connectivity index (χ4n) is 2.38. The second-order valence-electron chi connectivity index (χ2n) is 5.18. The lowest BCUT2D eigenvalue weighted by atomic mass is 10.2. The van der Waals surface area contributed by atoms with Crippen LogP contribution in [0.5, 0.6) is 17.2 Å². The van der Waals surface area contributed by atoms with Crippen LogP contribution >= 0.6 is 11.6 Å². The summed E-state index contributed by atoms with van der Waals surface area (Å²) in [5.41, 5.74) is 0.595. The third kappa shape index (κ3) is 2.78. The number of ether oxygens (including phenoxy) is 2. The number of phenolic OH excluding ortho intramolecular Hbond substituents is 1. The number of nitrogens with one attached hydrogen (secondary N) is 2.